The molecule has 12 nitrogen and oxygen atoms in total. The molecule has 0 radical (unpaired) electrons. The summed E-state index contributed by atoms with van der Waals surface area (Å²) in [5.41, 5.74) is 1.00. The Morgan fingerprint density at radius 3 is 2.12 bits per heavy atom. The van der Waals surface area contributed by atoms with Crippen LogP contribution in [-0.2, 0) is 31.0 Å². The molecule has 2 aromatic carbocycles. The summed E-state index contributed by atoms with van der Waals surface area (Å²) in [6.45, 7) is -1.52. The molecule has 3 aromatic rings. The van der Waals surface area contributed by atoms with E-state index in [2.05, 4.69) is 0 Å². The summed E-state index contributed by atoms with van der Waals surface area (Å²) in [4.78, 5) is 53.4. The summed E-state index contributed by atoms with van der Waals surface area (Å²) in [5.74, 6) is -4.52. The summed E-state index contributed by atoms with van der Waals surface area (Å²) in [5, 5.41) is 23.6. The van der Waals surface area contributed by atoms with Crippen molar-refractivity contribution in [2.24, 2.45) is 0 Å². The first-order valence-electron chi connectivity index (χ1n) is 13.0. The first-order chi connectivity index (χ1) is 21.3. The number of allylic oxidation sites excluding steroid dienone is 1. The van der Waals surface area contributed by atoms with Crippen LogP contribution in [0.4, 0.5) is 5.69 Å². The van der Waals surface area contributed by atoms with E-state index in [1.54, 1.807) is 36.4 Å². The van der Waals surface area contributed by atoms with Crippen LogP contribution in [0, 0.1) is 0 Å². The van der Waals surface area contributed by atoms with Crippen LogP contribution >= 0.6 is 47.1 Å². The molecule has 1 saturated heterocycles. The van der Waals surface area contributed by atoms with Crippen molar-refractivity contribution < 1.29 is 126 Å². The smallest absolute Gasteiger partial charge is 0.748 e. The molecule has 1 fully saturated rings. The third-order valence-corrected chi connectivity index (χ3v) is 11.2. The van der Waals surface area contributed by atoms with E-state index in [4.69, 9.17) is 12.2 Å². The minimum Gasteiger partial charge on any atom is -0.748 e. The van der Waals surface area contributed by atoms with Crippen molar-refractivity contribution in [2.45, 2.75) is 17.9 Å². The number of thiocarbonyl (C=S) groups is 1. The average Bonchev–Trinajstić information content (AvgIpc) is 3.58. The number of aliphatic carboxylic acids is 2. The molecule has 0 N–H and O–H groups in total. The normalized spacial score (nSPS) is 16.6. The van der Waals surface area contributed by atoms with Gasteiger partial charge in [0.2, 0.25) is 0 Å². The van der Waals surface area contributed by atoms with E-state index in [0.29, 0.717) is 16.2 Å². The molecule has 2 aliphatic heterocycles. The third kappa shape index (κ3) is 10.2. The maximum absolute atomic E-state index is 13.9. The number of rotatable bonds is 10. The van der Waals surface area contributed by atoms with E-state index in [-0.39, 0.29) is 120 Å². The van der Waals surface area contributed by atoms with Crippen molar-refractivity contribution in [3.8, 4) is 0 Å². The SMILES string of the molecule is O=C([O-])CN1C(=O)/C(=c2/s/c(=C(/C=C3Sc4ccccc4N3CCCS(=O)(=O)[O-])c3ccccc3)c(=O)n2CC(=O)[O-])SC1=S.[Na+].[Na+].[Na+]. The molecule has 0 atom stereocenters. The summed E-state index contributed by atoms with van der Waals surface area (Å²) in [6, 6.07) is 16.1. The number of carboxylic acid groups (broad SMARTS) is 2. The Balaban J connectivity index is 0.00000267. The van der Waals surface area contributed by atoms with Crippen LogP contribution in [0.3, 0.4) is 0 Å². The maximum atomic E-state index is 13.9. The average molecular weight is 772 g/mol. The second kappa shape index (κ2) is 18.7. The Morgan fingerprint density at radius 2 is 1.50 bits per heavy atom. The molecular weight excluding hydrogens is 752 g/mol. The zero-order chi connectivity index (χ0) is 32.5. The van der Waals surface area contributed by atoms with Crippen LogP contribution in [0.15, 0.2) is 75.4 Å². The van der Waals surface area contributed by atoms with Gasteiger partial charge >= 0.3 is 88.7 Å². The van der Waals surface area contributed by atoms with Crippen molar-refractivity contribution in [3.05, 3.63) is 90.8 Å². The quantitative estimate of drug-likeness (QED) is 0.108. The summed E-state index contributed by atoms with van der Waals surface area (Å²) < 4.78 is 34.7. The zero-order valence-electron chi connectivity index (χ0n) is 25.9. The number of nitrogens with zero attached hydrogens (tertiary/aromatic N) is 3. The number of amides is 1. The minimum atomic E-state index is -4.45. The number of benzene rings is 2. The fraction of sp³-hybridized carbons (Fsp3) is 0.179. The predicted octanol–water partition coefficient (Wildman–Crippen LogP) is -10.0. The van der Waals surface area contributed by atoms with Gasteiger partial charge in [0.25, 0.3) is 11.5 Å². The molecule has 1 amide bonds. The van der Waals surface area contributed by atoms with Crippen LogP contribution in [-0.4, -0.2) is 63.4 Å². The second-order valence-corrected chi connectivity index (χ2v) is 14.8. The third-order valence-electron chi connectivity index (χ3n) is 6.51. The van der Waals surface area contributed by atoms with Gasteiger partial charge < -0.3 is 29.3 Å². The van der Waals surface area contributed by atoms with E-state index in [1.807, 2.05) is 29.2 Å². The van der Waals surface area contributed by atoms with Gasteiger partial charge in [-0.1, -0.05) is 78.2 Å². The van der Waals surface area contributed by atoms with Gasteiger partial charge in [0, 0.05) is 22.8 Å². The minimum absolute atomic E-state index is 0. The Labute approximate surface area is 359 Å². The van der Waals surface area contributed by atoms with Gasteiger partial charge in [-0.25, -0.2) is 8.42 Å². The van der Waals surface area contributed by atoms with Gasteiger partial charge in [-0.3, -0.25) is 19.1 Å². The number of hydrogen-bond acceptors (Lipinski definition) is 14. The van der Waals surface area contributed by atoms with Gasteiger partial charge in [0.1, 0.15) is 18.4 Å². The molecule has 234 valence electrons. The molecule has 48 heavy (non-hydrogen) atoms. The van der Waals surface area contributed by atoms with E-state index in [9.17, 15) is 42.4 Å². The number of carbonyl (C=O) groups is 3. The summed E-state index contributed by atoms with van der Waals surface area (Å²) in [7, 11) is -4.45. The van der Waals surface area contributed by atoms with E-state index >= 15 is 0 Å². The molecule has 2 aliphatic rings. The Hall–Kier alpha value is -0.740. The number of thiazole rings is 1. The first-order valence-corrected chi connectivity index (χ1v) is 17.4. The number of hydrogen-bond donors (Lipinski definition) is 0. The molecule has 3 heterocycles. The molecule has 0 saturated carbocycles. The Kier molecular flexibility index (Phi) is 16.9. The Bertz CT molecular complexity index is 2070. The predicted molar refractivity (Wildman–Crippen MR) is 169 cm³/mol. The molecule has 20 heteroatoms. The maximum Gasteiger partial charge on any atom is 1.00 e. The molecule has 0 unspecified atom stereocenters. The van der Waals surface area contributed by atoms with Crippen molar-refractivity contribution in [2.75, 3.05) is 23.7 Å². The number of thioether (sulfide) groups is 2. The topological polar surface area (TPSA) is 183 Å². The molecule has 0 bridgehead atoms. The van der Waals surface area contributed by atoms with Crippen molar-refractivity contribution in [1.29, 1.82) is 0 Å². The fourth-order valence-corrected chi connectivity index (χ4v) is 8.83. The number of carboxylic acids is 2. The van der Waals surface area contributed by atoms with E-state index in [0.717, 1.165) is 43.1 Å². The number of carbonyl (C=O) groups excluding carboxylic acids is 3. The monoisotopic (exact) mass is 771 g/mol. The van der Waals surface area contributed by atoms with Crippen molar-refractivity contribution >= 4 is 95.5 Å². The second-order valence-electron chi connectivity index (χ2n) is 9.56. The van der Waals surface area contributed by atoms with Crippen LogP contribution in [0.5, 0.6) is 0 Å². The van der Waals surface area contributed by atoms with Crippen LogP contribution < -0.4 is 119 Å². The summed E-state index contributed by atoms with van der Waals surface area (Å²) >= 11 is 8.13. The zero-order valence-corrected chi connectivity index (χ0v) is 35.9. The fourth-order valence-electron chi connectivity index (χ4n) is 4.63. The number of para-hydroxylation sites is 1. The van der Waals surface area contributed by atoms with Gasteiger partial charge in [-0.05, 0) is 30.2 Å². The number of aromatic nitrogens is 1. The van der Waals surface area contributed by atoms with Gasteiger partial charge in [-0.2, -0.15) is 0 Å². The largest absolute Gasteiger partial charge is 1.00 e. The van der Waals surface area contributed by atoms with E-state index in [1.165, 1.54) is 11.8 Å². The number of fused-ring (bicyclic) bond motifs is 1. The van der Waals surface area contributed by atoms with E-state index < -0.39 is 52.4 Å². The molecule has 1 aromatic heterocycles. The summed E-state index contributed by atoms with van der Waals surface area (Å²) in [6.07, 6.45) is 1.76. The van der Waals surface area contributed by atoms with Gasteiger partial charge in [0.05, 0.1) is 45.9 Å². The van der Waals surface area contributed by atoms with Gasteiger partial charge in [-0.15, -0.1) is 11.3 Å². The standard InChI is InChI=1S/C28H23N3O9S5.3Na/c32-21(33)14-30-25(36)23(43-27(30)24-26(37)31(15-22(34)35)28(41)44-24)17(16-7-2-1-3-8-16)13-20-29(11-6-12-45(38,39)40)18-9-4-5-10-19(18)42-20;;;/h1-5,7-10,13H,6,11-12,14-15H2,(H,32,33)(H,34,35)(H,38,39,40);;;/q;3*+1/p-3/b20-13?,23-17-,27-24-;;;. The number of anilines is 1. The Morgan fingerprint density at radius 1 is 0.875 bits per heavy atom. The molecule has 5 rings (SSSR count). The molecular formula is C28H20N3Na3O9S5. The van der Waals surface area contributed by atoms with Crippen molar-refractivity contribution in [3.63, 3.8) is 0 Å². The van der Waals surface area contributed by atoms with Gasteiger partial charge in [0.15, 0.2) is 0 Å². The first kappa shape index (κ1) is 43.4. The van der Waals surface area contributed by atoms with Crippen molar-refractivity contribution in [1.82, 2.24) is 9.47 Å². The van der Waals surface area contributed by atoms with Crippen LogP contribution in [0.2, 0.25) is 0 Å². The molecule has 0 spiro atoms. The van der Waals surface area contributed by atoms with Crippen LogP contribution in [0.1, 0.15) is 12.0 Å². The molecule has 0 aliphatic carbocycles. The van der Waals surface area contributed by atoms with Crippen LogP contribution in [0.25, 0.3) is 10.5 Å².